The van der Waals surface area contributed by atoms with Crippen LogP contribution in [-0.4, -0.2) is 12.4 Å². The molecule has 2 rings (SSSR count). The van der Waals surface area contributed by atoms with E-state index in [2.05, 4.69) is 10.3 Å². The van der Waals surface area contributed by atoms with Gasteiger partial charge in [-0.3, -0.25) is 4.99 Å². The number of amidine groups is 1. The molecule has 0 fully saturated rings. The molecule has 0 radical (unpaired) electrons. The molecule has 1 heterocycles. The molecule has 1 aromatic rings. The van der Waals surface area contributed by atoms with Gasteiger partial charge in [0.05, 0.1) is 11.4 Å². The summed E-state index contributed by atoms with van der Waals surface area (Å²) in [5, 5.41) is 3.27. The van der Waals surface area contributed by atoms with E-state index in [1.165, 1.54) is 12.8 Å². The number of hydrogen-bond acceptors (Lipinski definition) is 3. The molecule has 0 aromatic heterocycles. The normalized spacial score (nSPS) is 16.1. The Balaban J connectivity index is 2.10. The minimum Gasteiger partial charge on any atom is -0.397 e. The Kier molecular flexibility index (Phi) is 2.68. The molecule has 0 bridgehead atoms. The third kappa shape index (κ3) is 2.05. The lowest BCUT2D eigenvalue weighted by molar-refractivity contribution is 0.737. The molecule has 1 aromatic carbocycles. The van der Waals surface area contributed by atoms with Crippen molar-refractivity contribution in [1.82, 2.24) is 0 Å². The maximum absolute atomic E-state index is 5.82. The van der Waals surface area contributed by atoms with E-state index in [1.807, 2.05) is 24.3 Å². The predicted molar refractivity (Wildman–Crippen MR) is 60.6 cm³/mol. The van der Waals surface area contributed by atoms with Crippen LogP contribution in [0.4, 0.5) is 11.4 Å². The van der Waals surface area contributed by atoms with Crippen LogP contribution < -0.4 is 11.1 Å². The van der Waals surface area contributed by atoms with Crippen LogP contribution >= 0.6 is 0 Å². The molecule has 0 spiro atoms. The van der Waals surface area contributed by atoms with E-state index < -0.39 is 0 Å². The molecule has 1 aliphatic rings. The molecular weight excluding hydrogens is 174 g/mol. The second kappa shape index (κ2) is 4.13. The van der Waals surface area contributed by atoms with Crippen molar-refractivity contribution in [2.45, 2.75) is 19.3 Å². The van der Waals surface area contributed by atoms with Gasteiger partial charge in [0.15, 0.2) is 0 Å². The van der Waals surface area contributed by atoms with Gasteiger partial charge in [-0.1, -0.05) is 12.1 Å². The van der Waals surface area contributed by atoms with E-state index in [1.54, 1.807) is 0 Å². The van der Waals surface area contributed by atoms with E-state index in [-0.39, 0.29) is 0 Å². The van der Waals surface area contributed by atoms with Gasteiger partial charge in [0, 0.05) is 13.0 Å². The van der Waals surface area contributed by atoms with Crippen molar-refractivity contribution in [2.24, 2.45) is 4.99 Å². The van der Waals surface area contributed by atoms with Crippen LogP contribution in [0.15, 0.2) is 29.3 Å². The zero-order valence-corrected chi connectivity index (χ0v) is 8.16. The van der Waals surface area contributed by atoms with Gasteiger partial charge in [-0.2, -0.15) is 0 Å². The highest BCUT2D eigenvalue weighted by atomic mass is 15.0. The fourth-order valence-electron chi connectivity index (χ4n) is 1.57. The first-order chi connectivity index (χ1) is 6.86. The summed E-state index contributed by atoms with van der Waals surface area (Å²) >= 11 is 0. The van der Waals surface area contributed by atoms with Crippen LogP contribution in [-0.2, 0) is 0 Å². The van der Waals surface area contributed by atoms with Crippen molar-refractivity contribution in [3.05, 3.63) is 24.3 Å². The average molecular weight is 189 g/mol. The highest BCUT2D eigenvalue weighted by Gasteiger charge is 2.06. The summed E-state index contributed by atoms with van der Waals surface area (Å²) in [6, 6.07) is 7.78. The van der Waals surface area contributed by atoms with Crippen LogP contribution in [0, 0.1) is 0 Å². The Hall–Kier alpha value is -1.51. The van der Waals surface area contributed by atoms with Crippen molar-refractivity contribution < 1.29 is 0 Å². The predicted octanol–water partition coefficient (Wildman–Crippen LogP) is 2.26. The Morgan fingerprint density at radius 2 is 2.07 bits per heavy atom. The number of nitrogens with two attached hydrogens (primary N) is 1. The van der Waals surface area contributed by atoms with Gasteiger partial charge in [-0.25, -0.2) is 0 Å². The SMILES string of the molecule is Nc1ccccc1NC1=NCCCC1. The van der Waals surface area contributed by atoms with Crippen molar-refractivity contribution in [2.75, 3.05) is 17.6 Å². The van der Waals surface area contributed by atoms with Crippen LogP contribution in [0.3, 0.4) is 0 Å². The number of benzene rings is 1. The van der Waals surface area contributed by atoms with E-state index in [0.29, 0.717) is 0 Å². The summed E-state index contributed by atoms with van der Waals surface area (Å²) < 4.78 is 0. The van der Waals surface area contributed by atoms with Crippen molar-refractivity contribution in [3.8, 4) is 0 Å². The van der Waals surface area contributed by atoms with Gasteiger partial charge in [0.1, 0.15) is 5.84 Å². The molecule has 14 heavy (non-hydrogen) atoms. The molecule has 74 valence electrons. The topological polar surface area (TPSA) is 50.4 Å². The van der Waals surface area contributed by atoms with Gasteiger partial charge in [0.2, 0.25) is 0 Å². The van der Waals surface area contributed by atoms with E-state index in [0.717, 1.165) is 30.2 Å². The quantitative estimate of drug-likeness (QED) is 0.666. The maximum atomic E-state index is 5.82. The van der Waals surface area contributed by atoms with Gasteiger partial charge in [0.25, 0.3) is 0 Å². The summed E-state index contributed by atoms with van der Waals surface area (Å²) in [4.78, 5) is 4.42. The van der Waals surface area contributed by atoms with Gasteiger partial charge in [-0.15, -0.1) is 0 Å². The number of nitrogens with one attached hydrogen (secondary N) is 1. The Morgan fingerprint density at radius 1 is 1.21 bits per heavy atom. The summed E-state index contributed by atoms with van der Waals surface area (Å²) in [5.74, 6) is 1.06. The fraction of sp³-hybridized carbons (Fsp3) is 0.364. The van der Waals surface area contributed by atoms with Crippen molar-refractivity contribution in [3.63, 3.8) is 0 Å². The number of rotatable bonds is 1. The number of hydrogen-bond donors (Lipinski definition) is 2. The first-order valence-electron chi connectivity index (χ1n) is 5.01. The smallest absolute Gasteiger partial charge is 0.101 e. The Morgan fingerprint density at radius 3 is 2.79 bits per heavy atom. The van der Waals surface area contributed by atoms with E-state index in [4.69, 9.17) is 5.73 Å². The molecule has 0 amide bonds. The lowest BCUT2D eigenvalue weighted by atomic mass is 10.1. The highest BCUT2D eigenvalue weighted by molar-refractivity contribution is 5.98. The Labute approximate surface area is 84.0 Å². The third-order valence-electron chi connectivity index (χ3n) is 2.36. The molecule has 0 saturated heterocycles. The largest absolute Gasteiger partial charge is 0.397 e. The number of anilines is 2. The summed E-state index contributed by atoms with van der Waals surface area (Å²) in [6.45, 7) is 0.940. The van der Waals surface area contributed by atoms with E-state index in [9.17, 15) is 0 Å². The number of nitrogen functional groups attached to an aromatic ring is 1. The minimum absolute atomic E-state index is 0.778. The second-order valence-electron chi connectivity index (χ2n) is 3.50. The lowest BCUT2D eigenvalue weighted by Gasteiger charge is -2.14. The number of para-hydroxylation sites is 2. The zero-order valence-electron chi connectivity index (χ0n) is 8.16. The standard InChI is InChI=1S/C11H15N3/c12-9-5-1-2-6-10(9)14-11-7-3-4-8-13-11/h1-2,5-6H,3-4,7-8,12H2,(H,13,14). The Bertz CT molecular complexity index is 344. The molecule has 0 atom stereocenters. The van der Waals surface area contributed by atoms with Crippen molar-refractivity contribution in [1.29, 1.82) is 0 Å². The van der Waals surface area contributed by atoms with Crippen LogP contribution in [0.5, 0.6) is 0 Å². The molecular formula is C11H15N3. The molecule has 0 saturated carbocycles. The van der Waals surface area contributed by atoms with Crippen LogP contribution in [0.2, 0.25) is 0 Å². The summed E-state index contributed by atoms with van der Waals surface area (Å²) in [7, 11) is 0. The summed E-state index contributed by atoms with van der Waals surface area (Å²) in [5.41, 5.74) is 7.56. The first-order valence-corrected chi connectivity index (χ1v) is 5.01. The molecule has 0 unspecified atom stereocenters. The summed E-state index contributed by atoms with van der Waals surface area (Å²) in [6.07, 6.45) is 3.46. The van der Waals surface area contributed by atoms with Gasteiger partial charge in [-0.05, 0) is 25.0 Å². The molecule has 3 N–H and O–H groups in total. The maximum Gasteiger partial charge on any atom is 0.101 e. The molecule has 3 nitrogen and oxygen atoms in total. The van der Waals surface area contributed by atoms with Crippen molar-refractivity contribution >= 4 is 17.2 Å². The van der Waals surface area contributed by atoms with E-state index >= 15 is 0 Å². The fourth-order valence-corrected chi connectivity index (χ4v) is 1.57. The zero-order chi connectivity index (χ0) is 9.80. The van der Waals surface area contributed by atoms with Crippen LogP contribution in [0.25, 0.3) is 0 Å². The average Bonchev–Trinajstić information content (AvgIpc) is 2.23. The van der Waals surface area contributed by atoms with Gasteiger partial charge < -0.3 is 11.1 Å². The minimum atomic E-state index is 0.778. The lowest BCUT2D eigenvalue weighted by Crippen LogP contribution is -2.16. The van der Waals surface area contributed by atoms with Crippen LogP contribution in [0.1, 0.15) is 19.3 Å². The highest BCUT2D eigenvalue weighted by Crippen LogP contribution is 2.18. The third-order valence-corrected chi connectivity index (χ3v) is 2.36. The molecule has 1 aliphatic heterocycles. The second-order valence-corrected chi connectivity index (χ2v) is 3.50. The van der Waals surface area contributed by atoms with Gasteiger partial charge >= 0.3 is 0 Å². The number of nitrogens with zero attached hydrogens (tertiary/aromatic N) is 1. The monoisotopic (exact) mass is 189 g/mol. The number of aliphatic imine (C=N–C) groups is 1. The molecule has 3 heteroatoms. The first kappa shape index (κ1) is 9.06. The molecule has 0 aliphatic carbocycles.